The number of halogens is 2. The zero-order valence-corrected chi connectivity index (χ0v) is 18.9. The van der Waals surface area contributed by atoms with E-state index in [0.717, 1.165) is 27.8 Å². The third kappa shape index (κ3) is 6.78. The molecule has 0 fully saturated rings. The van der Waals surface area contributed by atoms with Crippen molar-refractivity contribution in [3.8, 4) is 16.9 Å². The third-order valence-electron chi connectivity index (χ3n) is 5.27. The molecule has 0 aliphatic rings. The van der Waals surface area contributed by atoms with E-state index in [9.17, 15) is 18.4 Å². The predicted octanol–water partition coefficient (Wildman–Crippen LogP) is 5.91. The van der Waals surface area contributed by atoms with Gasteiger partial charge in [-0.3, -0.25) is 4.79 Å². The SMILES string of the molecule is Cc1cc(NC(=O)NCc2ccc(CCC(=O)O)cc2)cc(C)c1-c1ccccc1OC(F)F. The highest BCUT2D eigenvalue weighted by atomic mass is 19.3. The van der Waals surface area contributed by atoms with Crippen LogP contribution in [0.3, 0.4) is 0 Å². The number of ether oxygens (including phenoxy) is 1. The van der Waals surface area contributed by atoms with Crippen LogP contribution < -0.4 is 15.4 Å². The Kier molecular flexibility index (Phi) is 8.19. The molecule has 0 radical (unpaired) electrons. The number of hydrogen-bond donors (Lipinski definition) is 3. The highest BCUT2D eigenvalue weighted by Crippen LogP contribution is 2.36. The number of aryl methyl sites for hydroxylation is 3. The molecule has 178 valence electrons. The Morgan fingerprint density at radius 2 is 1.59 bits per heavy atom. The second-order valence-corrected chi connectivity index (χ2v) is 7.88. The Hall–Kier alpha value is -3.94. The van der Waals surface area contributed by atoms with Gasteiger partial charge in [0.05, 0.1) is 0 Å². The van der Waals surface area contributed by atoms with Crippen LogP contribution >= 0.6 is 0 Å². The van der Waals surface area contributed by atoms with Crippen LogP contribution in [0.4, 0.5) is 19.3 Å². The fourth-order valence-electron chi connectivity index (χ4n) is 3.77. The molecule has 3 N–H and O–H groups in total. The van der Waals surface area contributed by atoms with Crippen LogP contribution in [-0.4, -0.2) is 23.7 Å². The number of rotatable bonds is 9. The van der Waals surface area contributed by atoms with Crippen molar-refractivity contribution in [1.29, 1.82) is 0 Å². The molecule has 3 aromatic carbocycles. The maximum atomic E-state index is 12.8. The third-order valence-corrected chi connectivity index (χ3v) is 5.27. The van der Waals surface area contributed by atoms with Crippen LogP contribution in [0.15, 0.2) is 60.7 Å². The summed E-state index contributed by atoms with van der Waals surface area (Å²) >= 11 is 0. The Morgan fingerprint density at radius 1 is 0.971 bits per heavy atom. The van der Waals surface area contributed by atoms with Gasteiger partial charge in [-0.05, 0) is 66.3 Å². The van der Waals surface area contributed by atoms with E-state index in [2.05, 4.69) is 15.4 Å². The number of hydrogen-bond acceptors (Lipinski definition) is 3. The van der Waals surface area contributed by atoms with Crippen LogP contribution in [-0.2, 0) is 17.8 Å². The number of carbonyl (C=O) groups excluding carboxylic acids is 1. The lowest BCUT2D eigenvalue weighted by molar-refractivity contribution is -0.136. The molecule has 0 bridgehead atoms. The summed E-state index contributed by atoms with van der Waals surface area (Å²) in [6.45, 7) is 1.07. The van der Waals surface area contributed by atoms with Crippen LogP contribution in [0.25, 0.3) is 11.1 Å². The maximum Gasteiger partial charge on any atom is 0.387 e. The number of urea groups is 1. The maximum absolute atomic E-state index is 12.8. The summed E-state index contributed by atoms with van der Waals surface area (Å²) in [5, 5.41) is 14.3. The minimum Gasteiger partial charge on any atom is -0.481 e. The monoisotopic (exact) mass is 468 g/mol. The molecule has 6 nitrogen and oxygen atoms in total. The van der Waals surface area contributed by atoms with Gasteiger partial charge in [0.15, 0.2) is 0 Å². The molecule has 34 heavy (non-hydrogen) atoms. The van der Waals surface area contributed by atoms with Gasteiger partial charge in [-0.2, -0.15) is 8.78 Å². The van der Waals surface area contributed by atoms with Gasteiger partial charge in [-0.1, -0.05) is 42.5 Å². The van der Waals surface area contributed by atoms with E-state index in [0.29, 0.717) is 24.2 Å². The van der Waals surface area contributed by atoms with E-state index in [1.807, 2.05) is 38.1 Å². The second-order valence-electron chi connectivity index (χ2n) is 7.88. The number of carbonyl (C=O) groups is 2. The molecule has 0 aromatic heterocycles. The zero-order valence-electron chi connectivity index (χ0n) is 18.9. The van der Waals surface area contributed by atoms with Crippen molar-refractivity contribution in [2.24, 2.45) is 0 Å². The topological polar surface area (TPSA) is 87.7 Å². The van der Waals surface area contributed by atoms with E-state index < -0.39 is 12.6 Å². The van der Waals surface area contributed by atoms with Gasteiger partial charge in [-0.15, -0.1) is 0 Å². The summed E-state index contributed by atoms with van der Waals surface area (Å²) in [7, 11) is 0. The number of benzene rings is 3. The Balaban J connectivity index is 1.65. The van der Waals surface area contributed by atoms with Crippen molar-refractivity contribution in [1.82, 2.24) is 5.32 Å². The first kappa shape index (κ1) is 24.7. The fourth-order valence-corrected chi connectivity index (χ4v) is 3.77. The molecule has 2 amide bonds. The number of carboxylic acid groups (broad SMARTS) is 1. The average molecular weight is 469 g/mol. The fraction of sp³-hybridized carbons (Fsp3) is 0.231. The predicted molar refractivity (Wildman–Crippen MR) is 126 cm³/mol. The lowest BCUT2D eigenvalue weighted by atomic mass is 9.94. The highest BCUT2D eigenvalue weighted by molar-refractivity contribution is 5.90. The summed E-state index contributed by atoms with van der Waals surface area (Å²) in [6, 6.07) is 17.2. The van der Waals surface area contributed by atoms with E-state index in [4.69, 9.17) is 5.11 Å². The minimum atomic E-state index is -2.92. The van der Waals surface area contributed by atoms with E-state index in [-0.39, 0.29) is 18.2 Å². The molecule has 0 atom stereocenters. The number of alkyl halides is 2. The van der Waals surface area contributed by atoms with E-state index in [1.54, 1.807) is 30.3 Å². The summed E-state index contributed by atoms with van der Waals surface area (Å²) in [4.78, 5) is 23.1. The van der Waals surface area contributed by atoms with Gasteiger partial charge >= 0.3 is 18.6 Å². The molecule has 3 aromatic rings. The molecule has 0 heterocycles. The first-order valence-corrected chi connectivity index (χ1v) is 10.7. The first-order valence-electron chi connectivity index (χ1n) is 10.7. The molecule has 0 unspecified atom stereocenters. The number of anilines is 1. The van der Waals surface area contributed by atoms with Crippen molar-refractivity contribution in [2.75, 3.05) is 5.32 Å². The number of carboxylic acids is 1. The van der Waals surface area contributed by atoms with E-state index >= 15 is 0 Å². The van der Waals surface area contributed by atoms with Crippen molar-refractivity contribution in [2.45, 2.75) is 39.8 Å². The minimum absolute atomic E-state index is 0.0719. The van der Waals surface area contributed by atoms with Gasteiger partial charge in [0.25, 0.3) is 0 Å². The average Bonchev–Trinajstić information content (AvgIpc) is 2.77. The van der Waals surface area contributed by atoms with Crippen LogP contribution in [0.2, 0.25) is 0 Å². The normalized spacial score (nSPS) is 10.7. The molecule has 0 saturated carbocycles. The smallest absolute Gasteiger partial charge is 0.387 e. The summed E-state index contributed by atoms with van der Waals surface area (Å²) in [5.74, 6) is -0.747. The number of para-hydroxylation sites is 1. The molecule has 0 saturated heterocycles. The standard InChI is InChI=1S/C26H26F2N2O4/c1-16-13-20(14-17(2)24(16)21-5-3-4-6-22(21)34-25(27)28)30-26(33)29-15-19-9-7-18(8-10-19)11-12-23(31)32/h3-10,13-14,25H,11-12,15H2,1-2H3,(H,31,32)(H2,29,30,33). The summed E-state index contributed by atoms with van der Waals surface area (Å²) in [6.07, 6.45) is 0.527. The van der Waals surface area contributed by atoms with Crippen molar-refractivity contribution >= 4 is 17.7 Å². The number of nitrogens with one attached hydrogen (secondary N) is 2. The van der Waals surface area contributed by atoms with Gasteiger partial charge in [0.2, 0.25) is 0 Å². The van der Waals surface area contributed by atoms with Crippen LogP contribution in [0.1, 0.15) is 28.7 Å². The molecular formula is C26H26F2N2O4. The lowest BCUT2D eigenvalue weighted by Crippen LogP contribution is -2.28. The van der Waals surface area contributed by atoms with Crippen molar-refractivity contribution < 1.29 is 28.2 Å². The Labute approximate surface area is 196 Å². The number of amides is 2. The van der Waals surface area contributed by atoms with Gasteiger partial charge in [-0.25, -0.2) is 4.79 Å². The highest BCUT2D eigenvalue weighted by Gasteiger charge is 2.15. The molecule has 0 aliphatic carbocycles. The largest absolute Gasteiger partial charge is 0.481 e. The summed E-state index contributed by atoms with van der Waals surface area (Å²) in [5.41, 5.74) is 5.31. The van der Waals surface area contributed by atoms with Crippen LogP contribution in [0.5, 0.6) is 5.75 Å². The Morgan fingerprint density at radius 3 is 2.21 bits per heavy atom. The summed E-state index contributed by atoms with van der Waals surface area (Å²) < 4.78 is 30.3. The lowest BCUT2D eigenvalue weighted by Gasteiger charge is -2.17. The van der Waals surface area contributed by atoms with Gasteiger partial charge < -0.3 is 20.5 Å². The van der Waals surface area contributed by atoms with Crippen LogP contribution in [0, 0.1) is 13.8 Å². The molecule has 8 heteroatoms. The molecular weight excluding hydrogens is 442 g/mol. The zero-order chi connectivity index (χ0) is 24.7. The first-order chi connectivity index (χ1) is 16.2. The second kappa shape index (κ2) is 11.3. The molecule has 3 rings (SSSR count). The quantitative estimate of drug-likeness (QED) is 0.364. The number of aliphatic carboxylic acids is 1. The molecule has 0 spiro atoms. The van der Waals surface area contributed by atoms with Crippen molar-refractivity contribution in [3.63, 3.8) is 0 Å². The Bertz CT molecular complexity index is 1140. The van der Waals surface area contributed by atoms with Gasteiger partial charge in [0, 0.05) is 24.2 Å². The molecule has 0 aliphatic heterocycles. The van der Waals surface area contributed by atoms with Crippen molar-refractivity contribution in [3.05, 3.63) is 82.9 Å². The van der Waals surface area contributed by atoms with E-state index in [1.165, 1.54) is 6.07 Å². The van der Waals surface area contributed by atoms with Gasteiger partial charge in [0.1, 0.15) is 5.75 Å².